The molecule has 1 fully saturated rings. The van der Waals surface area contributed by atoms with Gasteiger partial charge in [0.2, 0.25) is 0 Å². The van der Waals surface area contributed by atoms with Gasteiger partial charge in [0, 0.05) is 17.5 Å². The van der Waals surface area contributed by atoms with Crippen LogP contribution in [0.3, 0.4) is 0 Å². The van der Waals surface area contributed by atoms with Gasteiger partial charge in [-0.25, -0.2) is 0 Å². The largest absolute Gasteiger partial charge is 0.293 e. The molecule has 1 aromatic heterocycles. The van der Waals surface area contributed by atoms with Crippen LogP contribution in [0.1, 0.15) is 40.9 Å². The monoisotopic (exact) mass is 251 g/mol. The molecule has 2 aromatic rings. The molecule has 3 rings (SSSR count). The third-order valence-electron chi connectivity index (χ3n) is 4.14. The minimum atomic E-state index is -0.307. The Labute approximate surface area is 113 Å². The van der Waals surface area contributed by atoms with Gasteiger partial charge in [-0.15, -0.1) is 0 Å². The summed E-state index contributed by atoms with van der Waals surface area (Å²) in [6, 6.07) is 14.0. The van der Waals surface area contributed by atoms with E-state index in [4.69, 9.17) is 0 Å². The Hall–Kier alpha value is -1.96. The number of nitrogens with zero attached hydrogens (tertiary/aromatic N) is 1. The summed E-state index contributed by atoms with van der Waals surface area (Å²) in [5.74, 6) is 0.220. The summed E-state index contributed by atoms with van der Waals surface area (Å²) in [4.78, 5) is 17.1. The quantitative estimate of drug-likeness (QED) is 0.779. The van der Waals surface area contributed by atoms with E-state index in [-0.39, 0.29) is 11.2 Å². The lowest BCUT2D eigenvalue weighted by Gasteiger charge is -2.41. The zero-order valence-electron chi connectivity index (χ0n) is 11.1. The average molecular weight is 251 g/mol. The van der Waals surface area contributed by atoms with Crippen molar-refractivity contribution in [1.29, 1.82) is 0 Å². The van der Waals surface area contributed by atoms with Crippen molar-refractivity contribution < 1.29 is 4.79 Å². The van der Waals surface area contributed by atoms with Crippen LogP contribution >= 0.6 is 0 Å². The van der Waals surface area contributed by atoms with Gasteiger partial charge in [-0.2, -0.15) is 0 Å². The number of hydrogen-bond acceptors (Lipinski definition) is 2. The molecule has 2 heteroatoms. The maximum Gasteiger partial charge on any atom is 0.174 e. The Bertz CT molecular complexity index is 582. The van der Waals surface area contributed by atoms with Gasteiger partial charge in [-0.1, -0.05) is 36.8 Å². The first-order valence-corrected chi connectivity index (χ1v) is 6.75. The van der Waals surface area contributed by atoms with Gasteiger partial charge in [0.25, 0.3) is 0 Å². The number of rotatable bonds is 3. The molecule has 0 N–H and O–H groups in total. The van der Waals surface area contributed by atoms with Crippen LogP contribution < -0.4 is 0 Å². The number of ketones is 1. The van der Waals surface area contributed by atoms with E-state index in [2.05, 4.69) is 17.1 Å². The van der Waals surface area contributed by atoms with Crippen molar-refractivity contribution in [1.82, 2.24) is 4.98 Å². The van der Waals surface area contributed by atoms with Crippen molar-refractivity contribution in [3.63, 3.8) is 0 Å². The molecule has 0 radical (unpaired) electrons. The normalized spacial score (nSPS) is 16.7. The molecule has 0 bridgehead atoms. The van der Waals surface area contributed by atoms with E-state index >= 15 is 0 Å². The van der Waals surface area contributed by atoms with Gasteiger partial charge in [0.15, 0.2) is 5.78 Å². The summed E-state index contributed by atoms with van der Waals surface area (Å²) in [5.41, 5.74) is 2.51. The van der Waals surface area contributed by atoms with E-state index in [0.717, 1.165) is 36.1 Å². The second-order valence-corrected chi connectivity index (χ2v) is 5.32. The highest BCUT2D eigenvalue weighted by molar-refractivity contribution is 6.04. The molecule has 0 amide bonds. The molecule has 0 aliphatic heterocycles. The molecule has 1 aliphatic carbocycles. The Kier molecular flexibility index (Phi) is 2.94. The molecule has 0 saturated heterocycles. The van der Waals surface area contributed by atoms with Crippen molar-refractivity contribution in [3.8, 4) is 0 Å². The SMILES string of the molecule is Cc1ccc(C(=O)C2(c3ccccc3)CCC2)cn1. The highest BCUT2D eigenvalue weighted by Crippen LogP contribution is 2.45. The fourth-order valence-electron chi connectivity index (χ4n) is 2.81. The van der Waals surface area contributed by atoms with E-state index in [1.54, 1.807) is 6.20 Å². The minimum absolute atomic E-state index is 0.220. The summed E-state index contributed by atoms with van der Waals surface area (Å²) in [6.45, 7) is 1.94. The molecular weight excluding hydrogens is 234 g/mol. The number of Topliss-reactive ketones (excluding diaryl/α,β-unsaturated/α-hetero) is 1. The molecule has 1 aromatic carbocycles. The van der Waals surface area contributed by atoms with Crippen LogP contribution in [-0.2, 0) is 5.41 Å². The van der Waals surface area contributed by atoms with Crippen molar-refractivity contribution >= 4 is 5.78 Å². The lowest BCUT2D eigenvalue weighted by atomic mass is 9.61. The molecule has 1 heterocycles. The van der Waals surface area contributed by atoms with E-state index in [1.165, 1.54) is 0 Å². The summed E-state index contributed by atoms with van der Waals surface area (Å²) in [5, 5.41) is 0. The van der Waals surface area contributed by atoms with Crippen LogP contribution in [0, 0.1) is 6.92 Å². The topological polar surface area (TPSA) is 30.0 Å². The van der Waals surface area contributed by atoms with E-state index < -0.39 is 0 Å². The zero-order valence-corrected chi connectivity index (χ0v) is 11.1. The fraction of sp³-hybridized carbons (Fsp3) is 0.294. The summed E-state index contributed by atoms with van der Waals surface area (Å²) < 4.78 is 0. The molecule has 0 atom stereocenters. The smallest absolute Gasteiger partial charge is 0.174 e. The van der Waals surface area contributed by atoms with Crippen LogP contribution in [-0.4, -0.2) is 10.8 Å². The predicted octanol–water partition coefficient (Wildman–Crippen LogP) is 3.69. The van der Waals surface area contributed by atoms with E-state index in [9.17, 15) is 4.79 Å². The number of hydrogen-bond donors (Lipinski definition) is 0. The first-order valence-electron chi connectivity index (χ1n) is 6.75. The van der Waals surface area contributed by atoms with Crippen LogP contribution in [0.25, 0.3) is 0 Å². The van der Waals surface area contributed by atoms with Crippen LogP contribution in [0.4, 0.5) is 0 Å². The number of pyridine rings is 1. The molecular formula is C17H17NO. The lowest BCUT2D eigenvalue weighted by molar-refractivity contribution is 0.0788. The summed E-state index contributed by atoms with van der Waals surface area (Å²) in [6.07, 6.45) is 4.73. The Morgan fingerprint density at radius 2 is 1.84 bits per heavy atom. The molecule has 0 spiro atoms. The molecule has 0 unspecified atom stereocenters. The van der Waals surface area contributed by atoms with Gasteiger partial charge >= 0.3 is 0 Å². The second-order valence-electron chi connectivity index (χ2n) is 5.32. The molecule has 19 heavy (non-hydrogen) atoms. The highest BCUT2D eigenvalue weighted by Gasteiger charge is 2.45. The first-order chi connectivity index (χ1) is 9.22. The minimum Gasteiger partial charge on any atom is -0.293 e. The second kappa shape index (κ2) is 4.61. The Morgan fingerprint density at radius 1 is 1.11 bits per heavy atom. The van der Waals surface area contributed by atoms with Gasteiger partial charge in [-0.05, 0) is 37.5 Å². The van der Waals surface area contributed by atoms with Gasteiger partial charge < -0.3 is 0 Å². The Balaban J connectivity index is 1.99. The third-order valence-corrected chi connectivity index (χ3v) is 4.14. The predicted molar refractivity (Wildman–Crippen MR) is 75.3 cm³/mol. The van der Waals surface area contributed by atoms with E-state index in [1.807, 2.05) is 37.3 Å². The molecule has 1 saturated carbocycles. The third kappa shape index (κ3) is 1.97. The number of aryl methyl sites for hydroxylation is 1. The summed E-state index contributed by atoms with van der Waals surface area (Å²) in [7, 11) is 0. The van der Waals surface area contributed by atoms with E-state index in [0.29, 0.717) is 0 Å². The van der Waals surface area contributed by atoms with Crippen molar-refractivity contribution in [3.05, 3.63) is 65.5 Å². The maximum absolute atomic E-state index is 12.8. The van der Waals surface area contributed by atoms with Gasteiger partial charge in [0.1, 0.15) is 0 Å². The Morgan fingerprint density at radius 3 is 2.37 bits per heavy atom. The van der Waals surface area contributed by atoms with Crippen LogP contribution in [0.15, 0.2) is 48.7 Å². The average Bonchev–Trinajstić information content (AvgIpc) is 2.39. The van der Waals surface area contributed by atoms with Gasteiger partial charge in [0.05, 0.1) is 5.41 Å². The molecule has 96 valence electrons. The summed E-state index contributed by atoms with van der Waals surface area (Å²) >= 11 is 0. The number of aromatic nitrogens is 1. The standard InChI is InChI=1S/C17H17NO/c1-13-8-9-14(12-18-13)16(19)17(10-5-11-17)15-6-3-2-4-7-15/h2-4,6-9,12H,5,10-11H2,1H3. The van der Waals surface area contributed by atoms with Gasteiger partial charge in [-0.3, -0.25) is 9.78 Å². The number of carbonyl (C=O) groups is 1. The van der Waals surface area contributed by atoms with Crippen molar-refractivity contribution in [2.45, 2.75) is 31.6 Å². The molecule has 2 nitrogen and oxygen atoms in total. The number of benzene rings is 1. The highest BCUT2D eigenvalue weighted by atomic mass is 16.1. The lowest BCUT2D eigenvalue weighted by Crippen LogP contribution is -2.42. The molecule has 1 aliphatic rings. The maximum atomic E-state index is 12.8. The number of carbonyl (C=O) groups excluding carboxylic acids is 1. The zero-order chi connectivity index (χ0) is 13.3. The first kappa shape index (κ1) is 12.1. The van der Waals surface area contributed by atoms with Crippen molar-refractivity contribution in [2.24, 2.45) is 0 Å². The van der Waals surface area contributed by atoms with Crippen LogP contribution in [0.2, 0.25) is 0 Å². The van der Waals surface area contributed by atoms with Crippen molar-refractivity contribution in [2.75, 3.05) is 0 Å². The fourth-order valence-corrected chi connectivity index (χ4v) is 2.81. The van der Waals surface area contributed by atoms with Crippen LogP contribution in [0.5, 0.6) is 0 Å².